The molecule has 3 aromatic heterocycles. The molecule has 0 aliphatic carbocycles. The lowest BCUT2D eigenvalue weighted by Crippen LogP contribution is -2.50. The number of hydrogen-bond acceptors (Lipinski definition) is 9. The molecule has 1 saturated heterocycles. The van der Waals surface area contributed by atoms with E-state index in [-0.39, 0.29) is 89.0 Å². The predicted molar refractivity (Wildman–Crippen MR) is 160 cm³/mol. The smallest absolute Gasteiger partial charge is 0.416 e. The number of aromatic hydroxyl groups is 1. The molecule has 12 nitrogen and oxygen atoms in total. The Balaban J connectivity index is 1.46. The summed E-state index contributed by atoms with van der Waals surface area (Å²) in [7, 11) is 0. The van der Waals surface area contributed by atoms with Crippen molar-refractivity contribution < 1.29 is 27.9 Å². The maximum absolute atomic E-state index is 13.8. The Morgan fingerprint density at radius 3 is 2.44 bits per heavy atom. The predicted octanol–water partition coefficient (Wildman–Crippen LogP) is 4.08. The number of benzene rings is 1. The van der Waals surface area contributed by atoms with Crippen molar-refractivity contribution in [3.63, 3.8) is 0 Å². The van der Waals surface area contributed by atoms with Gasteiger partial charge in [0.25, 0.3) is 5.91 Å². The third-order valence-electron chi connectivity index (χ3n) is 7.31. The third-order valence-corrected chi connectivity index (χ3v) is 7.80. The van der Waals surface area contributed by atoms with Crippen LogP contribution in [-0.2, 0) is 23.9 Å². The quantitative estimate of drug-likeness (QED) is 0.311. The van der Waals surface area contributed by atoms with Gasteiger partial charge in [0.1, 0.15) is 23.7 Å². The third kappa shape index (κ3) is 6.35. The average molecular weight is 665 g/mol. The molecule has 45 heavy (non-hydrogen) atoms. The first kappa shape index (κ1) is 31.9. The molecule has 17 heteroatoms. The first-order valence-corrected chi connectivity index (χ1v) is 14.3. The van der Waals surface area contributed by atoms with Gasteiger partial charge in [0.2, 0.25) is 11.3 Å². The summed E-state index contributed by atoms with van der Waals surface area (Å²) in [5.41, 5.74) is -0.634. The van der Waals surface area contributed by atoms with E-state index in [4.69, 9.17) is 23.2 Å². The lowest BCUT2D eigenvalue weighted by Gasteiger charge is -2.37. The zero-order chi connectivity index (χ0) is 32.6. The fraction of sp³-hybridized carbons (Fsp3) is 0.321. The van der Waals surface area contributed by atoms with E-state index in [1.165, 1.54) is 22.0 Å². The summed E-state index contributed by atoms with van der Waals surface area (Å²) in [6, 6.07) is 2.57. The number of carbonyl (C=O) groups excluding carboxylic acids is 2. The second-order valence-corrected chi connectivity index (χ2v) is 10.9. The molecule has 0 atom stereocenters. The maximum Gasteiger partial charge on any atom is 0.416 e. The number of aryl methyl sites for hydroxylation is 1. The van der Waals surface area contributed by atoms with Crippen LogP contribution in [0.1, 0.15) is 34.4 Å². The van der Waals surface area contributed by atoms with E-state index >= 15 is 0 Å². The standard InChI is InChI=1S/C28H25Cl2F3N8O4/c1-3-18-23(39-6-8-40(9-7-39)27(45)22-24(43)14(2)35-13-36-22)25(44)21-26(34-11-19(30)38-21)41(18)12-20(42)37-17-5-4-15(10-16(17)29)28(31,32)33/h4-5,10-11,13,43H,3,6-9,12H2,1-2H3,(H,37,42). The molecule has 0 saturated carbocycles. The highest BCUT2D eigenvalue weighted by molar-refractivity contribution is 6.33. The number of amides is 2. The van der Waals surface area contributed by atoms with Crippen LogP contribution in [0.3, 0.4) is 0 Å². The minimum atomic E-state index is -4.61. The Morgan fingerprint density at radius 2 is 1.80 bits per heavy atom. The molecule has 0 spiro atoms. The lowest BCUT2D eigenvalue weighted by atomic mass is 10.1. The van der Waals surface area contributed by atoms with Gasteiger partial charge in [-0.25, -0.2) is 19.9 Å². The molecule has 1 aromatic carbocycles. The minimum Gasteiger partial charge on any atom is -0.504 e. The van der Waals surface area contributed by atoms with E-state index in [2.05, 4.69) is 25.3 Å². The lowest BCUT2D eigenvalue weighted by molar-refractivity contribution is -0.137. The summed E-state index contributed by atoms with van der Waals surface area (Å²) in [5, 5.41) is 12.5. The number of pyridine rings is 1. The van der Waals surface area contributed by atoms with E-state index in [0.717, 1.165) is 12.1 Å². The molecular formula is C28H25Cl2F3N8O4. The number of anilines is 2. The van der Waals surface area contributed by atoms with E-state index < -0.39 is 29.0 Å². The number of nitrogens with one attached hydrogen (secondary N) is 1. The van der Waals surface area contributed by atoms with Gasteiger partial charge in [0, 0.05) is 31.9 Å². The Morgan fingerprint density at radius 1 is 1.09 bits per heavy atom. The number of hydrogen-bond donors (Lipinski definition) is 2. The molecule has 2 amide bonds. The van der Waals surface area contributed by atoms with Crippen molar-refractivity contribution in [3.8, 4) is 5.75 Å². The van der Waals surface area contributed by atoms with Crippen LogP contribution >= 0.6 is 23.2 Å². The molecule has 4 aromatic rings. The zero-order valence-corrected chi connectivity index (χ0v) is 25.3. The second kappa shape index (κ2) is 12.5. The van der Waals surface area contributed by atoms with E-state index in [1.54, 1.807) is 18.7 Å². The number of halogens is 5. The van der Waals surface area contributed by atoms with Crippen LogP contribution in [0.4, 0.5) is 24.5 Å². The monoisotopic (exact) mass is 664 g/mol. The summed E-state index contributed by atoms with van der Waals surface area (Å²) in [6.07, 6.45) is -1.90. The molecule has 1 aliphatic heterocycles. The van der Waals surface area contributed by atoms with Crippen LogP contribution in [0, 0.1) is 6.92 Å². The number of nitrogens with zero attached hydrogens (tertiary/aromatic N) is 7. The van der Waals surface area contributed by atoms with Crippen molar-refractivity contribution in [1.82, 2.24) is 29.4 Å². The Bertz CT molecular complexity index is 1880. The maximum atomic E-state index is 13.8. The molecule has 2 N–H and O–H groups in total. The molecular weight excluding hydrogens is 640 g/mol. The second-order valence-electron chi connectivity index (χ2n) is 10.1. The van der Waals surface area contributed by atoms with Crippen LogP contribution in [0.2, 0.25) is 10.2 Å². The molecule has 1 aliphatic rings. The van der Waals surface area contributed by atoms with Gasteiger partial charge in [-0.1, -0.05) is 30.1 Å². The Labute approximate surface area is 263 Å². The molecule has 236 valence electrons. The summed E-state index contributed by atoms with van der Waals surface area (Å²) in [5.74, 6) is -1.43. The highest BCUT2D eigenvalue weighted by atomic mass is 35.5. The minimum absolute atomic E-state index is 0.0295. The fourth-order valence-corrected chi connectivity index (χ4v) is 5.46. The molecule has 4 heterocycles. The van der Waals surface area contributed by atoms with Gasteiger partial charge in [0.15, 0.2) is 22.6 Å². The normalized spacial score (nSPS) is 13.8. The fourth-order valence-electron chi connectivity index (χ4n) is 5.10. The number of aromatic nitrogens is 5. The van der Waals surface area contributed by atoms with Crippen LogP contribution in [0.25, 0.3) is 11.2 Å². The van der Waals surface area contributed by atoms with Gasteiger partial charge >= 0.3 is 6.18 Å². The van der Waals surface area contributed by atoms with Crippen molar-refractivity contribution in [2.75, 3.05) is 36.4 Å². The molecule has 0 bridgehead atoms. The van der Waals surface area contributed by atoms with Gasteiger partial charge in [-0.3, -0.25) is 14.4 Å². The first-order chi connectivity index (χ1) is 21.3. The van der Waals surface area contributed by atoms with Gasteiger partial charge in [-0.2, -0.15) is 13.2 Å². The van der Waals surface area contributed by atoms with E-state index in [9.17, 15) is 32.7 Å². The largest absolute Gasteiger partial charge is 0.504 e. The van der Waals surface area contributed by atoms with Crippen LogP contribution in [-0.4, -0.2) is 72.5 Å². The van der Waals surface area contributed by atoms with Crippen molar-refractivity contribution in [2.24, 2.45) is 0 Å². The van der Waals surface area contributed by atoms with Crippen molar-refractivity contribution >= 4 is 57.6 Å². The Hall–Kier alpha value is -4.50. The van der Waals surface area contributed by atoms with E-state index in [0.29, 0.717) is 11.8 Å². The van der Waals surface area contributed by atoms with Crippen molar-refractivity contribution in [2.45, 2.75) is 33.0 Å². The summed E-state index contributed by atoms with van der Waals surface area (Å²) < 4.78 is 40.7. The SMILES string of the molecule is CCc1c(N2CCN(C(=O)c3ncnc(C)c3O)CC2)c(=O)c2nc(Cl)cnc2n1CC(=O)Nc1ccc(C(F)(F)F)cc1Cl. The van der Waals surface area contributed by atoms with E-state index in [1.807, 2.05) is 0 Å². The molecule has 0 radical (unpaired) electrons. The summed E-state index contributed by atoms with van der Waals surface area (Å²) in [6.45, 7) is 3.79. The number of fused-ring (bicyclic) bond motifs is 1. The molecule has 1 fully saturated rings. The first-order valence-electron chi connectivity index (χ1n) is 13.6. The highest BCUT2D eigenvalue weighted by Gasteiger charge is 2.32. The summed E-state index contributed by atoms with van der Waals surface area (Å²) in [4.78, 5) is 59.6. The van der Waals surface area contributed by atoms with Gasteiger partial charge < -0.3 is 24.8 Å². The zero-order valence-electron chi connectivity index (χ0n) is 23.8. The molecule has 0 unspecified atom stereocenters. The summed E-state index contributed by atoms with van der Waals surface area (Å²) >= 11 is 12.1. The Kier molecular flexibility index (Phi) is 8.85. The van der Waals surface area contributed by atoms with Crippen molar-refractivity contribution in [1.29, 1.82) is 0 Å². The topological polar surface area (TPSA) is 146 Å². The van der Waals surface area contributed by atoms with Gasteiger partial charge in [0.05, 0.1) is 28.2 Å². The van der Waals surface area contributed by atoms with Crippen LogP contribution < -0.4 is 15.6 Å². The van der Waals surface area contributed by atoms with Crippen LogP contribution in [0.5, 0.6) is 5.75 Å². The average Bonchev–Trinajstić information content (AvgIpc) is 3.00. The number of alkyl halides is 3. The van der Waals surface area contributed by atoms with Gasteiger partial charge in [-0.15, -0.1) is 0 Å². The number of carbonyl (C=O) groups is 2. The van der Waals surface area contributed by atoms with Crippen LogP contribution in [0.15, 0.2) is 35.5 Å². The number of rotatable bonds is 6. The number of piperazine rings is 1. The van der Waals surface area contributed by atoms with Crippen molar-refractivity contribution in [3.05, 3.63) is 73.8 Å². The van der Waals surface area contributed by atoms with Gasteiger partial charge in [-0.05, 0) is 31.5 Å². The molecule has 5 rings (SSSR count). The highest BCUT2D eigenvalue weighted by Crippen LogP contribution is 2.34.